The highest BCUT2D eigenvalue weighted by Gasteiger charge is 2.33. The molecule has 1 rings (SSSR count). The molecule has 1 aromatic heterocycles. The van der Waals surface area contributed by atoms with E-state index in [1.54, 1.807) is 13.8 Å². The third-order valence-corrected chi connectivity index (χ3v) is 2.33. The molecule has 96 valence electrons. The van der Waals surface area contributed by atoms with Gasteiger partial charge in [0.15, 0.2) is 5.82 Å². The van der Waals surface area contributed by atoms with Crippen LogP contribution in [0.5, 0.6) is 0 Å². The largest absolute Gasteiger partial charge is 0.405 e. The normalized spacial score (nSPS) is 11.9. The van der Waals surface area contributed by atoms with Gasteiger partial charge in [0.25, 0.3) is 0 Å². The summed E-state index contributed by atoms with van der Waals surface area (Å²) in [6.07, 6.45) is -4.32. The predicted octanol–water partition coefficient (Wildman–Crippen LogP) is 3.09. The zero-order valence-electron chi connectivity index (χ0n) is 9.42. The van der Waals surface area contributed by atoms with Crippen molar-refractivity contribution in [3.8, 4) is 0 Å². The van der Waals surface area contributed by atoms with E-state index in [-0.39, 0.29) is 22.7 Å². The lowest BCUT2D eigenvalue weighted by Gasteiger charge is -2.29. The highest BCUT2D eigenvalue weighted by molar-refractivity contribution is 6.29. The lowest BCUT2D eigenvalue weighted by atomic mass is 10.2. The van der Waals surface area contributed by atoms with Crippen molar-refractivity contribution in [2.24, 2.45) is 0 Å². The first-order chi connectivity index (χ1) is 7.70. The van der Waals surface area contributed by atoms with Gasteiger partial charge in [-0.05, 0) is 26.0 Å². The van der Waals surface area contributed by atoms with Crippen molar-refractivity contribution in [1.82, 2.24) is 4.98 Å². The first-order valence-corrected chi connectivity index (χ1v) is 5.34. The molecule has 0 saturated heterocycles. The fourth-order valence-electron chi connectivity index (χ4n) is 1.36. The van der Waals surface area contributed by atoms with Crippen molar-refractivity contribution in [3.63, 3.8) is 0 Å². The average Bonchev–Trinajstić information content (AvgIpc) is 2.17. The topological polar surface area (TPSA) is 42.2 Å². The monoisotopic (exact) mass is 267 g/mol. The Bertz CT molecular complexity index is 393. The maximum Gasteiger partial charge on any atom is 0.405 e. The Labute approximate surface area is 102 Å². The van der Waals surface area contributed by atoms with Crippen molar-refractivity contribution >= 4 is 23.1 Å². The number of nitrogens with two attached hydrogens (primary N) is 1. The molecule has 0 unspecified atom stereocenters. The Morgan fingerprint density at radius 3 is 2.47 bits per heavy atom. The van der Waals surface area contributed by atoms with Crippen LogP contribution >= 0.6 is 11.6 Å². The molecular formula is C10H13ClF3N3. The predicted molar refractivity (Wildman–Crippen MR) is 62.2 cm³/mol. The van der Waals surface area contributed by atoms with E-state index >= 15 is 0 Å². The molecule has 0 amide bonds. The zero-order valence-corrected chi connectivity index (χ0v) is 10.2. The molecule has 3 nitrogen and oxygen atoms in total. The second-order valence-electron chi connectivity index (χ2n) is 3.88. The highest BCUT2D eigenvalue weighted by Crippen LogP contribution is 2.28. The number of hydrogen-bond acceptors (Lipinski definition) is 3. The first-order valence-electron chi connectivity index (χ1n) is 4.96. The Kier molecular flexibility index (Phi) is 4.08. The van der Waals surface area contributed by atoms with Gasteiger partial charge in [0.2, 0.25) is 0 Å². The number of nitrogen functional groups attached to an aromatic ring is 1. The molecule has 0 aliphatic rings. The SMILES string of the molecule is CC(C)N(CC(F)(F)F)c1nc(Cl)ccc1N. The minimum absolute atomic E-state index is 0.0600. The zero-order chi connectivity index (χ0) is 13.2. The lowest BCUT2D eigenvalue weighted by molar-refractivity contribution is -0.120. The van der Waals surface area contributed by atoms with Crippen LogP contribution in [0.2, 0.25) is 5.15 Å². The number of hydrogen-bond donors (Lipinski definition) is 1. The van der Waals surface area contributed by atoms with Crippen LogP contribution < -0.4 is 10.6 Å². The van der Waals surface area contributed by atoms with Crippen LogP contribution in [0.15, 0.2) is 12.1 Å². The maximum atomic E-state index is 12.4. The molecular weight excluding hydrogens is 255 g/mol. The van der Waals surface area contributed by atoms with Crippen molar-refractivity contribution < 1.29 is 13.2 Å². The summed E-state index contributed by atoms with van der Waals surface area (Å²) in [5.74, 6) is 0.0600. The summed E-state index contributed by atoms with van der Waals surface area (Å²) >= 11 is 5.66. The minimum Gasteiger partial charge on any atom is -0.396 e. The second-order valence-corrected chi connectivity index (χ2v) is 4.27. The molecule has 0 atom stereocenters. The number of alkyl halides is 3. The molecule has 0 radical (unpaired) electrons. The summed E-state index contributed by atoms with van der Waals surface area (Å²) in [5, 5.41) is 0.113. The van der Waals surface area contributed by atoms with E-state index in [9.17, 15) is 13.2 Å². The number of aromatic nitrogens is 1. The van der Waals surface area contributed by atoms with E-state index < -0.39 is 12.7 Å². The van der Waals surface area contributed by atoms with Gasteiger partial charge >= 0.3 is 6.18 Å². The Hall–Kier alpha value is -1.17. The highest BCUT2D eigenvalue weighted by atomic mass is 35.5. The molecule has 0 bridgehead atoms. The van der Waals surface area contributed by atoms with Gasteiger partial charge in [-0.15, -0.1) is 0 Å². The van der Waals surface area contributed by atoms with Gasteiger partial charge in [0, 0.05) is 6.04 Å². The van der Waals surface area contributed by atoms with E-state index in [2.05, 4.69) is 4.98 Å². The van der Waals surface area contributed by atoms with Gasteiger partial charge < -0.3 is 10.6 Å². The summed E-state index contributed by atoms with van der Waals surface area (Å²) in [5.41, 5.74) is 5.79. The second kappa shape index (κ2) is 5.00. The van der Waals surface area contributed by atoms with E-state index in [1.807, 2.05) is 0 Å². The fraction of sp³-hybridized carbons (Fsp3) is 0.500. The summed E-state index contributed by atoms with van der Waals surface area (Å²) in [4.78, 5) is 4.92. The molecule has 0 aliphatic carbocycles. The number of pyridine rings is 1. The van der Waals surface area contributed by atoms with Crippen molar-refractivity contribution in [3.05, 3.63) is 17.3 Å². The molecule has 0 aromatic carbocycles. The number of halogens is 4. The molecule has 2 N–H and O–H groups in total. The molecule has 0 spiro atoms. The van der Waals surface area contributed by atoms with Crippen LogP contribution in [0.3, 0.4) is 0 Å². The molecule has 7 heteroatoms. The summed E-state index contributed by atoms with van der Waals surface area (Å²) in [6.45, 7) is 2.16. The van der Waals surface area contributed by atoms with E-state index in [1.165, 1.54) is 12.1 Å². The maximum absolute atomic E-state index is 12.4. The van der Waals surface area contributed by atoms with Gasteiger partial charge in [-0.3, -0.25) is 0 Å². The number of nitrogens with zero attached hydrogens (tertiary/aromatic N) is 2. The van der Waals surface area contributed by atoms with E-state index in [0.717, 1.165) is 4.90 Å². The molecule has 0 saturated carbocycles. The van der Waals surface area contributed by atoms with E-state index in [4.69, 9.17) is 17.3 Å². The first kappa shape index (κ1) is 13.9. The number of rotatable bonds is 3. The lowest BCUT2D eigenvalue weighted by Crippen LogP contribution is -2.40. The standard InChI is InChI=1S/C10H13ClF3N3/c1-6(2)17(5-10(12,13)14)9-7(15)3-4-8(11)16-9/h3-4,6H,5,15H2,1-2H3. The molecule has 0 aliphatic heterocycles. The van der Waals surface area contributed by atoms with Crippen molar-refractivity contribution in [1.29, 1.82) is 0 Å². The average molecular weight is 268 g/mol. The summed E-state index contributed by atoms with van der Waals surface area (Å²) < 4.78 is 37.3. The molecule has 0 fully saturated rings. The molecule has 1 aromatic rings. The van der Waals surface area contributed by atoms with Crippen LogP contribution in [0.4, 0.5) is 24.7 Å². The third-order valence-electron chi connectivity index (χ3n) is 2.12. The number of anilines is 2. The third kappa shape index (κ3) is 3.96. The molecule has 17 heavy (non-hydrogen) atoms. The van der Waals surface area contributed by atoms with Gasteiger partial charge in [-0.2, -0.15) is 13.2 Å². The van der Waals surface area contributed by atoms with Gasteiger partial charge in [0.05, 0.1) is 5.69 Å². The van der Waals surface area contributed by atoms with Gasteiger partial charge in [-0.25, -0.2) is 4.98 Å². The quantitative estimate of drug-likeness (QED) is 0.856. The van der Waals surface area contributed by atoms with Crippen LogP contribution in [-0.2, 0) is 0 Å². The van der Waals surface area contributed by atoms with Crippen LogP contribution in [0, 0.1) is 0 Å². The minimum atomic E-state index is -4.32. The Morgan fingerprint density at radius 1 is 1.41 bits per heavy atom. The van der Waals surface area contributed by atoms with Crippen LogP contribution in [0.25, 0.3) is 0 Å². The van der Waals surface area contributed by atoms with Crippen LogP contribution in [0.1, 0.15) is 13.8 Å². The van der Waals surface area contributed by atoms with Crippen LogP contribution in [-0.4, -0.2) is 23.7 Å². The molecule has 1 heterocycles. The summed E-state index contributed by atoms with van der Waals surface area (Å²) in [7, 11) is 0. The van der Waals surface area contributed by atoms with Gasteiger partial charge in [0.1, 0.15) is 11.7 Å². The van der Waals surface area contributed by atoms with Gasteiger partial charge in [-0.1, -0.05) is 11.6 Å². The summed E-state index contributed by atoms with van der Waals surface area (Å²) in [6, 6.07) is 2.49. The smallest absolute Gasteiger partial charge is 0.396 e. The Balaban J connectivity index is 3.10. The van der Waals surface area contributed by atoms with E-state index in [0.29, 0.717) is 0 Å². The van der Waals surface area contributed by atoms with Crippen molar-refractivity contribution in [2.75, 3.05) is 17.2 Å². The fourth-order valence-corrected chi connectivity index (χ4v) is 1.50. The van der Waals surface area contributed by atoms with Crippen molar-refractivity contribution in [2.45, 2.75) is 26.1 Å². The Morgan fingerprint density at radius 2 is 2.00 bits per heavy atom.